The van der Waals surface area contributed by atoms with Crippen molar-refractivity contribution in [2.75, 3.05) is 31.1 Å². The predicted molar refractivity (Wildman–Crippen MR) is 77.1 cm³/mol. The molecule has 3 heteroatoms. The molecule has 2 aliphatic heterocycles. The molecular weight excluding hydrogens is 234 g/mol. The fraction of sp³-hybridized carbons (Fsp3) is 0.562. The van der Waals surface area contributed by atoms with Gasteiger partial charge < -0.3 is 4.90 Å². The van der Waals surface area contributed by atoms with Gasteiger partial charge in [0.25, 0.3) is 0 Å². The molecule has 2 aliphatic rings. The fourth-order valence-corrected chi connectivity index (χ4v) is 3.32. The first-order valence-electron chi connectivity index (χ1n) is 7.21. The van der Waals surface area contributed by atoms with Crippen molar-refractivity contribution in [3.8, 4) is 6.07 Å². The lowest BCUT2D eigenvalue weighted by Gasteiger charge is -2.24. The molecule has 0 amide bonds. The van der Waals surface area contributed by atoms with Crippen molar-refractivity contribution in [2.24, 2.45) is 5.92 Å². The molecule has 1 aromatic carbocycles. The van der Waals surface area contributed by atoms with Gasteiger partial charge in [-0.3, -0.25) is 4.90 Å². The molecule has 0 aromatic heterocycles. The van der Waals surface area contributed by atoms with Crippen molar-refractivity contribution in [1.29, 1.82) is 5.26 Å². The molecule has 2 heterocycles. The van der Waals surface area contributed by atoms with E-state index in [-0.39, 0.29) is 5.92 Å². The van der Waals surface area contributed by atoms with Crippen LogP contribution in [0.1, 0.15) is 18.4 Å². The normalized spacial score (nSPS) is 27.7. The molecule has 0 aliphatic carbocycles. The summed E-state index contributed by atoms with van der Waals surface area (Å²) >= 11 is 0. The van der Waals surface area contributed by atoms with Gasteiger partial charge in [-0.1, -0.05) is 12.1 Å². The lowest BCUT2D eigenvalue weighted by atomic mass is 10.1. The smallest absolute Gasteiger partial charge is 0.0669 e. The summed E-state index contributed by atoms with van der Waals surface area (Å²) in [5, 5.41) is 9.00. The van der Waals surface area contributed by atoms with E-state index in [0.29, 0.717) is 6.04 Å². The molecule has 2 fully saturated rings. The van der Waals surface area contributed by atoms with Gasteiger partial charge in [-0.25, -0.2) is 0 Å². The molecule has 3 rings (SSSR count). The van der Waals surface area contributed by atoms with E-state index in [4.69, 9.17) is 5.26 Å². The van der Waals surface area contributed by atoms with E-state index in [0.717, 1.165) is 32.6 Å². The minimum absolute atomic E-state index is 0.257. The number of hydrogen-bond acceptors (Lipinski definition) is 3. The summed E-state index contributed by atoms with van der Waals surface area (Å²) in [5.41, 5.74) is 2.67. The molecular formula is C16H21N3. The van der Waals surface area contributed by atoms with Crippen LogP contribution in [0.5, 0.6) is 0 Å². The minimum Gasteiger partial charge on any atom is -0.370 e. The number of hydrogen-bond donors (Lipinski definition) is 0. The van der Waals surface area contributed by atoms with Crippen LogP contribution in [0, 0.1) is 24.2 Å². The maximum Gasteiger partial charge on any atom is 0.0669 e. The second-order valence-corrected chi connectivity index (χ2v) is 5.84. The standard InChI is InChI=1S/C16H21N3/c1-13-3-2-4-15(9-13)19-8-6-16(12-19)18-7-5-14(10-17)11-18/h2-4,9,14,16H,5-8,11-12H2,1H3. The Morgan fingerprint density at radius 2 is 2.11 bits per heavy atom. The number of nitriles is 1. The minimum atomic E-state index is 0.257. The Balaban J connectivity index is 1.63. The number of benzene rings is 1. The number of rotatable bonds is 2. The number of anilines is 1. The van der Waals surface area contributed by atoms with Gasteiger partial charge >= 0.3 is 0 Å². The van der Waals surface area contributed by atoms with Gasteiger partial charge in [-0.15, -0.1) is 0 Å². The molecule has 3 nitrogen and oxygen atoms in total. The lowest BCUT2D eigenvalue weighted by molar-refractivity contribution is 0.255. The third kappa shape index (κ3) is 2.59. The van der Waals surface area contributed by atoms with Crippen molar-refractivity contribution in [3.63, 3.8) is 0 Å². The van der Waals surface area contributed by atoms with Crippen LogP contribution in [0.2, 0.25) is 0 Å². The van der Waals surface area contributed by atoms with Crippen LogP contribution in [-0.2, 0) is 0 Å². The molecule has 19 heavy (non-hydrogen) atoms. The van der Waals surface area contributed by atoms with Crippen molar-refractivity contribution in [1.82, 2.24) is 4.90 Å². The van der Waals surface area contributed by atoms with Crippen molar-refractivity contribution < 1.29 is 0 Å². The topological polar surface area (TPSA) is 30.3 Å². The summed E-state index contributed by atoms with van der Waals surface area (Å²) < 4.78 is 0. The van der Waals surface area contributed by atoms with E-state index < -0.39 is 0 Å². The first kappa shape index (κ1) is 12.5. The van der Waals surface area contributed by atoms with Crippen LogP contribution in [0.25, 0.3) is 0 Å². The molecule has 0 saturated carbocycles. The Kier molecular flexibility index (Phi) is 3.44. The van der Waals surface area contributed by atoms with Crippen LogP contribution in [0.4, 0.5) is 5.69 Å². The molecule has 0 bridgehead atoms. The molecule has 1 aromatic rings. The average molecular weight is 255 g/mol. The van der Waals surface area contributed by atoms with Crippen LogP contribution in [0.15, 0.2) is 24.3 Å². The number of likely N-dealkylation sites (tertiary alicyclic amines) is 1. The van der Waals surface area contributed by atoms with Gasteiger partial charge in [0.1, 0.15) is 0 Å². The third-order valence-corrected chi connectivity index (χ3v) is 4.45. The van der Waals surface area contributed by atoms with E-state index in [2.05, 4.69) is 47.1 Å². The SMILES string of the molecule is Cc1cccc(N2CCC(N3CCC(C#N)C3)C2)c1. The lowest BCUT2D eigenvalue weighted by Crippen LogP contribution is -2.35. The van der Waals surface area contributed by atoms with Crippen LogP contribution < -0.4 is 4.90 Å². The summed E-state index contributed by atoms with van der Waals surface area (Å²) in [6.07, 6.45) is 2.28. The fourth-order valence-electron chi connectivity index (χ4n) is 3.32. The van der Waals surface area contributed by atoms with Crippen LogP contribution in [0.3, 0.4) is 0 Å². The van der Waals surface area contributed by atoms with Crippen LogP contribution >= 0.6 is 0 Å². The Hall–Kier alpha value is -1.53. The second-order valence-electron chi connectivity index (χ2n) is 5.84. The Morgan fingerprint density at radius 3 is 2.84 bits per heavy atom. The van der Waals surface area contributed by atoms with Crippen LogP contribution in [-0.4, -0.2) is 37.1 Å². The van der Waals surface area contributed by atoms with Gasteiger partial charge in [0.2, 0.25) is 0 Å². The molecule has 2 saturated heterocycles. The van der Waals surface area contributed by atoms with Crippen molar-refractivity contribution >= 4 is 5.69 Å². The number of aryl methyl sites for hydroxylation is 1. The zero-order valence-corrected chi connectivity index (χ0v) is 11.5. The molecule has 0 N–H and O–H groups in total. The molecule has 2 atom stereocenters. The quantitative estimate of drug-likeness (QED) is 0.813. The monoisotopic (exact) mass is 255 g/mol. The van der Waals surface area contributed by atoms with E-state index in [1.54, 1.807) is 0 Å². The summed E-state index contributed by atoms with van der Waals surface area (Å²) in [4.78, 5) is 5.00. The van der Waals surface area contributed by atoms with E-state index in [9.17, 15) is 0 Å². The second kappa shape index (κ2) is 5.22. The zero-order valence-electron chi connectivity index (χ0n) is 11.5. The molecule has 100 valence electrons. The highest BCUT2D eigenvalue weighted by molar-refractivity contribution is 5.49. The predicted octanol–water partition coefficient (Wildman–Crippen LogP) is 2.42. The Bertz CT molecular complexity index is 491. The summed E-state index contributed by atoms with van der Waals surface area (Å²) in [6.45, 7) is 6.48. The zero-order chi connectivity index (χ0) is 13.2. The van der Waals surface area contributed by atoms with Gasteiger partial charge in [0, 0.05) is 31.4 Å². The molecule has 0 radical (unpaired) electrons. The Morgan fingerprint density at radius 1 is 1.21 bits per heavy atom. The highest BCUT2D eigenvalue weighted by atomic mass is 15.3. The highest BCUT2D eigenvalue weighted by Gasteiger charge is 2.32. The average Bonchev–Trinajstić information content (AvgIpc) is 3.07. The van der Waals surface area contributed by atoms with Crippen molar-refractivity contribution in [2.45, 2.75) is 25.8 Å². The van der Waals surface area contributed by atoms with Gasteiger partial charge in [-0.2, -0.15) is 5.26 Å². The first-order chi connectivity index (χ1) is 9.26. The van der Waals surface area contributed by atoms with E-state index in [1.165, 1.54) is 17.7 Å². The largest absolute Gasteiger partial charge is 0.370 e. The highest BCUT2D eigenvalue weighted by Crippen LogP contribution is 2.27. The summed E-state index contributed by atoms with van der Waals surface area (Å²) in [7, 11) is 0. The Labute approximate surface area is 115 Å². The third-order valence-electron chi connectivity index (χ3n) is 4.45. The maximum atomic E-state index is 9.00. The van der Waals surface area contributed by atoms with Gasteiger partial charge in [0.05, 0.1) is 12.0 Å². The summed E-state index contributed by atoms with van der Waals surface area (Å²) in [6, 6.07) is 11.8. The van der Waals surface area contributed by atoms with Gasteiger partial charge in [0.15, 0.2) is 0 Å². The van der Waals surface area contributed by atoms with E-state index in [1.807, 2.05) is 0 Å². The molecule has 2 unspecified atom stereocenters. The maximum absolute atomic E-state index is 9.00. The van der Waals surface area contributed by atoms with Gasteiger partial charge in [-0.05, 0) is 44.0 Å². The summed E-state index contributed by atoms with van der Waals surface area (Å²) in [5.74, 6) is 0.257. The van der Waals surface area contributed by atoms with Crippen molar-refractivity contribution in [3.05, 3.63) is 29.8 Å². The molecule has 0 spiro atoms. The number of nitrogens with zero attached hydrogens (tertiary/aromatic N) is 3. The first-order valence-corrected chi connectivity index (χ1v) is 7.21. The van der Waals surface area contributed by atoms with E-state index >= 15 is 0 Å².